The van der Waals surface area contributed by atoms with Gasteiger partial charge in [-0.1, -0.05) is 0 Å². The van der Waals surface area contributed by atoms with Gasteiger partial charge in [-0.25, -0.2) is 4.79 Å². The van der Waals surface area contributed by atoms with Crippen LogP contribution in [0, 0.1) is 0 Å². The zero-order valence-electron chi connectivity index (χ0n) is 13.5. The van der Waals surface area contributed by atoms with E-state index < -0.39 is 11.9 Å². The second kappa shape index (κ2) is 7.00. The summed E-state index contributed by atoms with van der Waals surface area (Å²) in [6.07, 6.45) is 0. The van der Waals surface area contributed by atoms with Gasteiger partial charge in [0.15, 0.2) is 0 Å². The summed E-state index contributed by atoms with van der Waals surface area (Å²) < 4.78 is 20.8. The van der Waals surface area contributed by atoms with Crippen LogP contribution in [-0.2, 0) is 9.53 Å². The molecular weight excluding hydrogens is 300 g/mol. The molecule has 0 aliphatic heterocycles. The summed E-state index contributed by atoms with van der Waals surface area (Å²) in [6, 6.07) is 6.51. The first-order chi connectivity index (χ1) is 11.0. The molecule has 0 aliphatic carbocycles. The quantitative estimate of drug-likeness (QED) is 0.623. The van der Waals surface area contributed by atoms with Crippen molar-refractivity contribution in [3.05, 3.63) is 29.8 Å². The first kappa shape index (κ1) is 16.6. The first-order valence-corrected chi connectivity index (χ1v) is 7.05. The fourth-order valence-electron chi connectivity index (χ4n) is 2.23. The van der Waals surface area contributed by atoms with Gasteiger partial charge >= 0.3 is 11.9 Å². The van der Waals surface area contributed by atoms with Gasteiger partial charge in [-0.05, 0) is 25.1 Å². The predicted molar refractivity (Wildman–Crippen MR) is 84.3 cm³/mol. The SMILES string of the molecule is CCOC(=O)c1cc(OC(C)=O)c2cc(OC)cc(OC)c2c1. The minimum atomic E-state index is -0.499. The third kappa shape index (κ3) is 3.53. The summed E-state index contributed by atoms with van der Waals surface area (Å²) in [6.45, 7) is 3.26. The van der Waals surface area contributed by atoms with Gasteiger partial charge in [0.1, 0.15) is 17.2 Å². The van der Waals surface area contributed by atoms with Crippen LogP contribution < -0.4 is 14.2 Å². The molecule has 0 atom stereocenters. The van der Waals surface area contributed by atoms with Gasteiger partial charge in [0.05, 0.1) is 26.4 Å². The van der Waals surface area contributed by atoms with E-state index in [1.807, 2.05) is 0 Å². The number of methoxy groups -OCH3 is 2. The Kier molecular flexibility index (Phi) is 5.05. The van der Waals surface area contributed by atoms with E-state index in [4.69, 9.17) is 18.9 Å². The van der Waals surface area contributed by atoms with Crippen LogP contribution >= 0.6 is 0 Å². The van der Waals surface area contributed by atoms with E-state index in [0.717, 1.165) is 0 Å². The number of carbonyl (C=O) groups excluding carboxylic acids is 2. The smallest absolute Gasteiger partial charge is 0.338 e. The average Bonchev–Trinajstić information content (AvgIpc) is 2.53. The summed E-state index contributed by atoms with van der Waals surface area (Å²) in [4.78, 5) is 23.4. The molecule has 0 fully saturated rings. The summed E-state index contributed by atoms with van der Waals surface area (Å²) >= 11 is 0. The Balaban J connectivity index is 2.74. The number of rotatable bonds is 5. The van der Waals surface area contributed by atoms with Crippen molar-refractivity contribution in [2.24, 2.45) is 0 Å². The second-order valence-corrected chi connectivity index (χ2v) is 4.71. The van der Waals surface area contributed by atoms with Crippen LogP contribution in [-0.4, -0.2) is 32.8 Å². The summed E-state index contributed by atoms with van der Waals surface area (Å²) in [5.41, 5.74) is 0.277. The molecule has 0 saturated heterocycles. The van der Waals surface area contributed by atoms with Gasteiger partial charge in [0.25, 0.3) is 0 Å². The molecule has 0 spiro atoms. The first-order valence-electron chi connectivity index (χ1n) is 7.05. The van der Waals surface area contributed by atoms with E-state index in [0.29, 0.717) is 22.3 Å². The lowest BCUT2D eigenvalue weighted by molar-refractivity contribution is -0.131. The van der Waals surface area contributed by atoms with E-state index in [1.165, 1.54) is 27.2 Å². The molecule has 0 unspecified atom stereocenters. The highest BCUT2D eigenvalue weighted by molar-refractivity contribution is 6.02. The molecule has 2 aromatic carbocycles. The zero-order chi connectivity index (χ0) is 17.0. The normalized spacial score (nSPS) is 10.3. The van der Waals surface area contributed by atoms with Crippen LogP contribution in [0.3, 0.4) is 0 Å². The average molecular weight is 318 g/mol. The van der Waals surface area contributed by atoms with Gasteiger partial charge in [0.2, 0.25) is 0 Å². The highest BCUT2D eigenvalue weighted by atomic mass is 16.5. The number of benzene rings is 2. The minimum Gasteiger partial charge on any atom is -0.497 e. The van der Waals surface area contributed by atoms with Gasteiger partial charge in [-0.15, -0.1) is 0 Å². The lowest BCUT2D eigenvalue weighted by atomic mass is 10.0. The Hall–Kier alpha value is -2.76. The number of fused-ring (bicyclic) bond motifs is 1. The van der Waals surface area contributed by atoms with Crippen LogP contribution in [0.2, 0.25) is 0 Å². The number of hydrogen-bond acceptors (Lipinski definition) is 6. The van der Waals surface area contributed by atoms with Crippen molar-refractivity contribution in [2.45, 2.75) is 13.8 Å². The molecule has 0 aromatic heterocycles. The third-order valence-electron chi connectivity index (χ3n) is 3.19. The molecule has 6 nitrogen and oxygen atoms in total. The van der Waals surface area contributed by atoms with Crippen LogP contribution in [0.25, 0.3) is 10.8 Å². The maximum atomic E-state index is 12.0. The number of hydrogen-bond donors (Lipinski definition) is 0. The van der Waals surface area contributed by atoms with Gasteiger partial charge in [-0.3, -0.25) is 4.79 Å². The zero-order valence-corrected chi connectivity index (χ0v) is 13.5. The molecule has 0 bridgehead atoms. The molecule has 2 aromatic rings. The molecule has 122 valence electrons. The van der Waals surface area contributed by atoms with Crippen molar-refractivity contribution in [1.29, 1.82) is 0 Å². The van der Waals surface area contributed by atoms with Crippen LogP contribution in [0.5, 0.6) is 17.2 Å². The van der Waals surface area contributed by atoms with E-state index >= 15 is 0 Å². The Morgan fingerprint density at radius 2 is 1.65 bits per heavy atom. The van der Waals surface area contributed by atoms with Crippen molar-refractivity contribution in [1.82, 2.24) is 0 Å². The summed E-state index contributed by atoms with van der Waals surface area (Å²) in [7, 11) is 3.04. The third-order valence-corrected chi connectivity index (χ3v) is 3.19. The van der Waals surface area contributed by atoms with E-state index in [9.17, 15) is 9.59 Å². The van der Waals surface area contributed by atoms with Crippen molar-refractivity contribution >= 4 is 22.7 Å². The van der Waals surface area contributed by atoms with Crippen molar-refractivity contribution < 1.29 is 28.5 Å². The minimum absolute atomic E-state index is 0.246. The van der Waals surface area contributed by atoms with Crippen molar-refractivity contribution in [2.75, 3.05) is 20.8 Å². The molecule has 2 rings (SSSR count). The molecule has 23 heavy (non-hydrogen) atoms. The van der Waals surface area contributed by atoms with Crippen LogP contribution in [0.15, 0.2) is 24.3 Å². The fourth-order valence-corrected chi connectivity index (χ4v) is 2.23. The highest BCUT2D eigenvalue weighted by Crippen LogP contribution is 2.37. The number of carbonyl (C=O) groups is 2. The van der Waals surface area contributed by atoms with Gasteiger partial charge in [-0.2, -0.15) is 0 Å². The Morgan fingerprint density at radius 3 is 2.22 bits per heavy atom. The number of ether oxygens (including phenoxy) is 4. The molecule has 6 heteroatoms. The van der Waals surface area contributed by atoms with Crippen molar-refractivity contribution in [3.8, 4) is 17.2 Å². The van der Waals surface area contributed by atoms with E-state index in [1.54, 1.807) is 25.1 Å². The Morgan fingerprint density at radius 1 is 0.957 bits per heavy atom. The lowest BCUT2D eigenvalue weighted by Crippen LogP contribution is -2.07. The highest BCUT2D eigenvalue weighted by Gasteiger charge is 2.17. The molecule has 0 heterocycles. The van der Waals surface area contributed by atoms with Crippen molar-refractivity contribution in [3.63, 3.8) is 0 Å². The van der Waals surface area contributed by atoms with Crippen LogP contribution in [0.1, 0.15) is 24.2 Å². The molecular formula is C17H18O6. The van der Waals surface area contributed by atoms with Gasteiger partial charge < -0.3 is 18.9 Å². The van der Waals surface area contributed by atoms with E-state index in [-0.39, 0.29) is 17.9 Å². The largest absolute Gasteiger partial charge is 0.497 e. The molecule has 0 aliphatic rings. The fraction of sp³-hybridized carbons (Fsp3) is 0.294. The molecule has 0 saturated carbocycles. The monoisotopic (exact) mass is 318 g/mol. The topological polar surface area (TPSA) is 71.1 Å². The maximum Gasteiger partial charge on any atom is 0.338 e. The Labute approximate surface area is 133 Å². The second-order valence-electron chi connectivity index (χ2n) is 4.71. The molecule has 0 N–H and O–H groups in total. The summed E-state index contributed by atoms with van der Waals surface area (Å²) in [5, 5.41) is 1.22. The Bertz CT molecular complexity index is 750. The predicted octanol–water partition coefficient (Wildman–Crippen LogP) is 2.96. The van der Waals surface area contributed by atoms with Gasteiger partial charge in [0, 0.05) is 23.8 Å². The molecule has 0 radical (unpaired) electrons. The standard InChI is InChI=1S/C17H18O6/c1-5-22-17(19)11-6-13-14(16(7-11)23-10(2)18)8-12(20-3)9-15(13)21-4/h6-9H,5H2,1-4H3. The van der Waals surface area contributed by atoms with Crippen LogP contribution in [0.4, 0.5) is 0 Å². The maximum absolute atomic E-state index is 12.0. The van der Waals surface area contributed by atoms with E-state index in [2.05, 4.69) is 0 Å². The lowest BCUT2D eigenvalue weighted by Gasteiger charge is -2.13. The molecule has 0 amide bonds. The summed E-state index contributed by atoms with van der Waals surface area (Å²) in [5.74, 6) is 0.301. The number of esters is 2.